The molecule has 0 unspecified atom stereocenters. The summed E-state index contributed by atoms with van der Waals surface area (Å²) in [6.07, 6.45) is 0. The van der Waals surface area contributed by atoms with E-state index in [1.807, 2.05) is 18.2 Å². The SMILES string of the molecule is O=[SH](=O)c1ccccc1-c1cc[c]c(Br)c1. The molecule has 4 heteroatoms. The van der Waals surface area contributed by atoms with Gasteiger partial charge in [0.05, 0.1) is 4.90 Å². The Morgan fingerprint density at radius 3 is 2.56 bits per heavy atom. The first kappa shape index (κ1) is 11.4. The first-order valence-corrected chi connectivity index (χ1v) is 6.56. The van der Waals surface area contributed by atoms with Crippen molar-refractivity contribution in [3.05, 3.63) is 53.0 Å². The highest BCUT2D eigenvalue weighted by atomic mass is 79.9. The van der Waals surface area contributed by atoms with Crippen LogP contribution >= 0.6 is 15.9 Å². The Kier molecular flexibility index (Phi) is 3.41. The maximum atomic E-state index is 11.1. The maximum Gasteiger partial charge on any atom is 0.168 e. The molecule has 1 radical (unpaired) electrons. The minimum Gasteiger partial charge on any atom is -0.227 e. The highest BCUT2D eigenvalue weighted by Crippen LogP contribution is 2.26. The molecular weight excluding hydrogens is 288 g/mol. The Morgan fingerprint density at radius 1 is 1.12 bits per heavy atom. The van der Waals surface area contributed by atoms with Crippen molar-refractivity contribution in [1.82, 2.24) is 0 Å². The van der Waals surface area contributed by atoms with E-state index in [1.165, 1.54) is 0 Å². The summed E-state index contributed by atoms with van der Waals surface area (Å²) in [7, 11) is -2.58. The number of hydrogen-bond donors (Lipinski definition) is 1. The zero-order valence-corrected chi connectivity index (χ0v) is 10.7. The molecule has 0 atom stereocenters. The average molecular weight is 296 g/mol. The van der Waals surface area contributed by atoms with Crippen molar-refractivity contribution < 1.29 is 8.42 Å². The molecular formula is C12H8BrO2S. The third kappa shape index (κ3) is 2.33. The zero-order valence-electron chi connectivity index (χ0n) is 8.18. The second-order valence-electron chi connectivity index (χ2n) is 3.20. The number of thiol groups is 1. The van der Waals surface area contributed by atoms with Crippen molar-refractivity contribution in [2.75, 3.05) is 0 Å². The minimum atomic E-state index is -2.58. The van der Waals surface area contributed by atoms with E-state index in [1.54, 1.807) is 24.3 Å². The van der Waals surface area contributed by atoms with Crippen molar-refractivity contribution in [2.45, 2.75) is 4.90 Å². The molecule has 0 fully saturated rings. The van der Waals surface area contributed by atoms with Crippen LogP contribution < -0.4 is 0 Å². The summed E-state index contributed by atoms with van der Waals surface area (Å²) < 4.78 is 23.0. The van der Waals surface area contributed by atoms with Crippen molar-refractivity contribution in [3.63, 3.8) is 0 Å². The highest BCUT2D eigenvalue weighted by molar-refractivity contribution is 9.10. The van der Waals surface area contributed by atoms with E-state index in [-0.39, 0.29) is 0 Å². The fourth-order valence-corrected chi connectivity index (χ4v) is 2.47. The molecule has 0 spiro atoms. The largest absolute Gasteiger partial charge is 0.227 e. The summed E-state index contributed by atoms with van der Waals surface area (Å²) in [5.41, 5.74) is 1.58. The number of hydrogen-bond acceptors (Lipinski definition) is 2. The molecule has 0 aliphatic rings. The fraction of sp³-hybridized carbons (Fsp3) is 0. The number of rotatable bonds is 2. The molecule has 0 aromatic heterocycles. The normalized spacial score (nSPS) is 10.6. The van der Waals surface area contributed by atoms with Gasteiger partial charge < -0.3 is 0 Å². The second-order valence-corrected chi connectivity index (χ2v) is 5.05. The lowest BCUT2D eigenvalue weighted by molar-refractivity contribution is 0.615. The quantitative estimate of drug-likeness (QED) is 0.865. The van der Waals surface area contributed by atoms with Crippen LogP contribution in [0.5, 0.6) is 0 Å². The molecule has 0 aliphatic carbocycles. The van der Waals surface area contributed by atoms with Gasteiger partial charge in [0.2, 0.25) is 0 Å². The van der Waals surface area contributed by atoms with E-state index in [9.17, 15) is 8.42 Å². The lowest BCUT2D eigenvalue weighted by Crippen LogP contribution is -1.86. The Bertz CT molecular complexity index is 583. The standard InChI is InChI=1S/C12H8BrO2S/c13-10-5-3-4-9(8-10)11-6-1-2-7-12(11)16(14)15/h1-4,6-8,16H. The van der Waals surface area contributed by atoms with Gasteiger partial charge in [0.1, 0.15) is 0 Å². The summed E-state index contributed by atoms with van der Waals surface area (Å²) in [5, 5.41) is 0. The molecule has 0 N–H and O–H groups in total. The molecule has 2 rings (SSSR count). The Labute approximate surface area is 104 Å². The van der Waals surface area contributed by atoms with E-state index >= 15 is 0 Å². The van der Waals surface area contributed by atoms with E-state index in [0.29, 0.717) is 10.5 Å². The monoisotopic (exact) mass is 295 g/mol. The van der Waals surface area contributed by atoms with Gasteiger partial charge in [-0.15, -0.1) is 0 Å². The molecule has 81 valence electrons. The van der Waals surface area contributed by atoms with Crippen LogP contribution in [-0.4, -0.2) is 8.42 Å². The van der Waals surface area contributed by atoms with Crippen LogP contribution in [0.25, 0.3) is 11.1 Å². The molecule has 2 nitrogen and oxygen atoms in total. The fourth-order valence-electron chi connectivity index (χ4n) is 1.48. The van der Waals surface area contributed by atoms with Gasteiger partial charge in [0.15, 0.2) is 10.7 Å². The molecule has 2 aromatic rings. The van der Waals surface area contributed by atoms with Crippen molar-refractivity contribution in [2.24, 2.45) is 0 Å². The van der Waals surface area contributed by atoms with Crippen LogP contribution in [0.3, 0.4) is 0 Å². The summed E-state index contributed by atoms with van der Waals surface area (Å²) >= 11 is 3.31. The summed E-state index contributed by atoms with van der Waals surface area (Å²) in [5.74, 6) is 0. The Hall–Kier alpha value is -1.13. The molecule has 0 aliphatic heterocycles. The Balaban J connectivity index is 2.64. The van der Waals surface area contributed by atoms with E-state index < -0.39 is 10.7 Å². The van der Waals surface area contributed by atoms with Crippen LogP contribution in [0.2, 0.25) is 0 Å². The summed E-state index contributed by atoms with van der Waals surface area (Å²) in [6.45, 7) is 0. The third-order valence-electron chi connectivity index (χ3n) is 2.18. The van der Waals surface area contributed by atoms with Gasteiger partial charge >= 0.3 is 0 Å². The van der Waals surface area contributed by atoms with Crippen molar-refractivity contribution in [1.29, 1.82) is 0 Å². The first-order chi connectivity index (χ1) is 7.68. The van der Waals surface area contributed by atoms with Gasteiger partial charge in [-0.1, -0.05) is 46.3 Å². The predicted molar refractivity (Wildman–Crippen MR) is 67.0 cm³/mol. The van der Waals surface area contributed by atoms with Gasteiger partial charge in [-0.2, -0.15) is 0 Å². The van der Waals surface area contributed by atoms with Gasteiger partial charge in [-0.3, -0.25) is 0 Å². The molecule has 0 saturated heterocycles. The lowest BCUT2D eigenvalue weighted by Gasteiger charge is -2.04. The molecule has 0 amide bonds. The van der Waals surface area contributed by atoms with Crippen LogP contribution in [-0.2, 0) is 10.7 Å². The molecule has 0 heterocycles. The summed E-state index contributed by atoms with van der Waals surface area (Å²) in [6, 6.07) is 15.3. The van der Waals surface area contributed by atoms with Crippen LogP contribution in [0, 0.1) is 6.07 Å². The number of halogens is 1. The Morgan fingerprint density at radius 2 is 1.88 bits per heavy atom. The maximum absolute atomic E-state index is 11.1. The van der Waals surface area contributed by atoms with Crippen LogP contribution in [0.4, 0.5) is 0 Å². The molecule has 0 saturated carbocycles. The summed E-state index contributed by atoms with van der Waals surface area (Å²) in [4.78, 5) is 0.343. The smallest absolute Gasteiger partial charge is 0.168 e. The topological polar surface area (TPSA) is 34.1 Å². The van der Waals surface area contributed by atoms with Gasteiger partial charge in [0.25, 0.3) is 0 Å². The molecule has 16 heavy (non-hydrogen) atoms. The highest BCUT2D eigenvalue weighted by Gasteiger charge is 2.06. The third-order valence-corrected chi connectivity index (χ3v) is 3.42. The second kappa shape index (κ2) is 4.80. The molecule has 0 bridgehead atoms. The van der Waals surface area contributed by atoms with Crippen molar-refractivity contribution in [3.8, 4) is 11.1 Å². The predicted octanol–water partition coefficient (Wildman–Crippen LogP) is 2.89. The zero-order chi connectivity index (χ0) is 11.5. The van der Waals surface area contributed by atoms with Crippen molar-refractivity contribution >= 4 is 26.6 Å². The van der Waals surface area contributed by atoms with Crippen LogP contribution in [0.15, 0.2) is 51.8 Å². The van der Waals surface area contributed by atoms with Gasteiger partial charge in [-0.05, 0) is 23.8 Å². The van der Waals surface area contributed by atoms with E-state index in [0.717, 1.165) is 10.0 Å². The lowest BCUT2D eigenvalue weighted by atomic mass is 10.1. The average Bonchev–Trinajstić information content (AvgIpc) is 2.29. The first-order valence-electron chi connectivity index (χ1n) is 4.59. The van der Waals surface area contributed by atoms with Gasteiger partial charge in [0, 0.05) is 10.0 Å². The minimum absolute atomic E-state index is 0.343. The van der Waals surface area contributed by atoms with E-state index in [2.05, 4.69) is 22.0 Å². The number of benzene rings is 2. The van der Waals surface area contributed by atoms with Gasteiger partial charge in [-0.25, -0.2) is 8.42 Å². The van der Waals surface area contributed by atoms with Crippen LogP contribution in [0.1, 0.15) is 0 Å². The van der Waals surface area contributed by atoms with E-state index in [4.69, 9.17) is 0 Å². The molecule has 2 aromatic carbocycles.